The second-order valence-electron chi connectivity index (χ2n) is 4.92. The Morgan fingerprint density at radius 1 is 1.07 bits per heavy atom. The first kappa shape index (κ1) is 13.7. The minimum absolute atomic E-state index is 0.943. The number of hydrogen-bond donors (Lipinski definition) is 1. The molecule has 0 unspecified atom stereocenters. The molecule has 84 valence electrons. The molecule has 0 bridgehead atoms. The molecule has 0 aliphatic heterocycles. The van der Waals surface area contributed by atoms with Crippen LogP contribution in [0.25, 0.3) is 0 Å². The molecule has 0 amide bonds. The molecule has 0 atom stereocenters. The van der Waals surface area contributed by atoms with Gasteiger partial charge in [-0.25, -0.2) is 0 Å². The maximum absolute atomic E-state index is 3.67. The number of nitrogens with zero attached hydrogens (tertiary/aromatic N) is 1. The van der Waals surface area contributed by atoms with Crippen molar-refractivity contribution in [2.75, 3.05) is 40.8 Å². The maximum atomic E-state index is 3.67. The van der Waals surface area contributed by atoms with E-state index in [1.165, 1.54) is 32.2 Å². The first-order valence-electron chi connectivity index (χ1n) is 5.68. The van der Waals surface area contributed by atoms with Crippen LogP contribution in [0.15, 0.2) is 12.7 Å². The molecule has 0 aromatic heterocycles. The van der Waals surface area contributed by atoms with E-state index in [1.54, 1.807) is 0 Å². The van der Waals surface area contributed by atoms with Crippen LogP contribution >= 0.6 is 0 Å². The van der Waals surface area contributed by atoms with Crippen LogP contribution in [0.5, 0.6) is 0 Å². The Morgan fingerprint density at radius 3 is 2.29 bits per heavy atom. The third-order valence-electron chi connectivity index (χ3n) is 2.22. The molecule has 0 heterocycles. The summed E-state index contributed by atoms with van der Waals surface area (Å²) in [6.45, 7) is 7.04. The lowest BCUT2D eigenvalue weighted by atomic mass is 10.2. The van der Waals surface area contributed by atoms with Crippen molar-refractivity contribution in [1.29, 1.82) is 0 Å². The molecule has 0 saturated carbocycles. The standard InChI is InChI=1S/C12H27N2/c1-5-10-13-11-8-6-7-9-12-14(2,3)4/h5,13H,1,6-12H2,2-4H3/q+1/i2+2,3+2,4+2. The second kappa shape index (κ2) is 8.01. The summed E-state index contributed by atoms with van der Waals surface area (Å²) in [6, 6.07) is 0. The highest BCUT2D eigenvalue weighted by Crippen LogP contribution is 2.02. The third-order valence-corrected chi connectivity index (χ3v) is 2.22. The van der Waals surface area contributed by atoms with Crippen LogP contribution in [0.2, 0.25) is 0 Å². The first-order valence-corrected chi connectivity index (χ1v) is 5.68. The van der Waals surface area contributed by atoms with E-state index in [1.807, 2.05) is 6.08 Å². The predicted octanol–water partition coefficient (Wildman–Crippen LogP) is 2.03. The van der Waals surface area contributed by atoms with Crippen LogP contribution in [0.4, 0.5) is 0 Å². The third kappa shape index (κ3) is 11.7. The van der Waals surface area contributed by atoms with Crippen molar-refractivity contribution in [2.24, 2.45) is 0 Å². The fourth-order valence-corrected chi connectivity index (χ4v) is 1.39. The molecule has 0 aromatic rings. The molecule has 0 radical (unpaired) electrons. The Morgan fingerprint density at radius 2 is 1.71 bits per heavy atom. The van der Waals surface area contributed by atoms with Crippen LogP contribution < -0.4 is 5.32 Å². The quantitative estimate of drug-likeness (QED) is 0.345. The normalized spacial score (nSPS) is 11.6. The van der Waals surface area contributed by atoms with Crippen molar-refractivity contribution >= 4 is 0 Å². The Labute approximate surface area is 89.6 Å². The zero-order valence-electron chi connectivity index (χ0n) is 10.2. The van der Waals surface area contributed by atoms with E-state index in [2.05, 4.69) is 33.0 Å². The Kier molecular flexibility index (Phi) is 7.81. The van der Waals surface area contributed by atoms with Gasteiger partial charge in [-0.3, -0.25) is 0 Å². The van der Waals surface area contributed by atoms with Crippen molar-refractivity contribution in [3.8, 4) is 0 Å². The average Bonchev–Trinajstić information content (AvgIpc) is 2.08. The SMILES string of the molecule is C=CCNCCCCCC[N+]([14CH3])([14CH3])[14CH3]. The monoisotopic (exact) mass is 205 g/mol. The fraction of sp³-hybridized carbons (Fsp3) is 0.833. The topological polar surface area (TPSA) is 12.0 Å². The number of unbranched alkanes of at least 4 members (excludes halogenated alkanes) is 3. The van der Waals surface area contributed by atoms with Crippen molar-refractivity contribution in [1.82, 2.24) is 5.32 Å². The molecule has 2 nitrogen and oxygen atoms in total. The van der Waals surface area contributed by atoms with Gasteiger partial charge in [-0.15, -0.1) is 6.58 Å². The molecule has 2 heteroatoms. The number of quaternary nitrogens is 1. The van der Waals surface area contributed by atoms with Gasteiger partial charge in [0.2, 0.25) is 0 Å². The van der Waals surface area contributed by atoms with Gasteiger partial charge in [0.15, 0.2) is 0 Å². The van der Waals surface area contributed by atoms with Gasteiger partial charge >= 0.3 is 0 Å². The van der Waals surface area contributed by atoms with Gasteiger partial charge in [0.05, 0.1) is 27.7 Å². The van der Waals surface area contributed by atoms with Crippen LogP contribution in [0.3, 0.4) is 0 Å². The molecular formula is C12H27N2+. The molecule has 0 aliphatic carbocycles. The number of rotatable bonds is 9. The summed E-state index contributed by atoms with van der Waals surface area (Å²) in [7, 11) is 6.77. The van der Waals surface area contributed by atoms with E-state index in [0.29, 0.717) is 0 Å². The van der Waals surface area contributed by atoms with Gasteiger partial charge in [-0.1, -0.05) is 12.5 Å². The van der Waals surface area contributed by atoms with E-state index in [0.717, 1.165) is 17.6 Å². The van der Waals surface area contributed by atoms with Crippen LogP contribution in [0, 0.1) is 0 Å². The second-order valence-corrected chi connectivity index (χ2v) is 4.92. The summed E-state index contributed by atoms with van der Waals surface area (Å²) >= 11 is 0. The Hall–Kier alpha value is -0.340. The van der Waals surface area contributed by atoms with E-state index >= 15 is 0 Å². The highest BCUT2D eigenvalue weighted by Gasteiger charge is 2.04. The van der Waals surface area contributed by atoms with Crippen molar-refractivity contribution in [3.05, 3.63) is 12.7 Å². The van der Waals surface area contributed by atoms with Crippen LogP contribution in [0.1, 0.15) is 25.7 Å². The van der Waals surface area contributed by atoms with E-state index in [-0.39, 0.29) is 0 Å². The van der Waals surface area contributed by atoms with Gasteiger partial charge in [0.1, 0.15) is 0 Å². The lowest BCUT2D eigenvalue weighted by molar-refractivity contribution is -0.870. The zero-order chi connectivity index (χ0) is 10.9. The molecule has 0 saturated heterocycles. The zero-order valence-corrected chi connectivity index (χ0v) is 10.2. The van der Waals surface area contributed by atoms with Gasteiger partial charge in [0.25, 0.3) is 0 Å². The van der Waals surface area contributed by atoms with Gasteiger partial charge in [0, 0.05) is 6.54 Å². The minimum atomic E-state index is 0.943. The summed E-state index contributed by atoms with van der Waals surface area (Å²) in [6.07, 6.45) is 7.28. The molecular weight excluding hydrogens is 178 g/mol. The molecule has 0 aliphatic rings. The summed E-state index contributed by atoms with van der Waals surface area (Å²) < 4.78 is 1.09. The van der Waals surface area contributed by atoms with Gasteiger partial charge in [-0.2, -0.15) is 0 Å². The lowest BCUT2D eigenvalue weighted by Crippen LogP contribution is -2.35. The van der Waals surface area contributed by atoms with Crippen molar-refractivity contribution < 1.29 is 4.48 Å². The fourth-order valence-electron chi connectivity index (χ4n) is 1.39. The summed E-state index contributed by atoms with van der Waals surface area (Å²) in [5, 5.41) is 3.32. The molecule has 14 heavy (non-hydrogen) atoms. The molecule has 0 aromatic carbocycles. The van der Waals surface area contributed by atoms with Crippen molar-refractivity contribution in [3.63, 3.8) is 0 Å². The smallest absolute Gasteiger partial charge is 0.0780 e. The maximum Gasteiger partial charge on any atom is 0.0780 e. The highest BCUT2D eigenvalue weighted by atomic mass is 15.9. The average molecular weight is 205 g/mol. The largest absolute Gasteiger partial charge is 0.331 e. The van der Waals surface area contributed by atoms with Crippen LogP contribution in [-0.2, 0) is 0 Å². The first-order chi connectivity index (χ1) is 6.56. The van der Waals surface area contributed by atoms with Crippen molar-refractivity contribution in [2.45, 2.75) is 25.7 Å². The molecule has 0 rings (SSSR count). The molecule has 1 N–H and O–H groups in total. The number of hydrogen-bond acceptors (Lipinski definition) is 1. The van der Waals surface area contributed by atoms with E-state index in [4.69, 9.17) is 0 Å². The van der Waals surface area contributed by atoms with Gasteiger partial charge in [-0.05, 0) is 25.8 Å². The molecule has 0 fully saturated rings. The summed E-state index contributed by atoms with van der Waals surface area (Å²) in [5.41, 5.74) is 0. The minimum Gasteiger partial charge on any atom is -0.331 e. The number of nitrogens with one attached hydrogen (secondary N) is 1. The highest BCUT2D eigenvalue weighted by molar-refractivity contribution is 4.69. The summed E-state index contributed by atoms with van der Waals surface area (Å²) in [4.78, 5) is 0. The van der Waals surface area contributed by atoms with Gasteiger partial charge < -0.3 is 9.80 Å². The van der Waals surface area contributed by atoms with E-state index in [9.17, 15) is 0 Å². The Bertz CT molecular complexity index is 136. The Balaban J connectivity index is 3.03. The predicted molar refractivity (Wildman–Crippen MR) is 64.4 cm³/mol. The van der Waals surface area contributed by atoms with Crippen LogP contribution in [-0.4, -0.2) is 45.3 Å². The van der Waals surface area contributed by atoms with E-state index < -0.39 is 0 Å². The summed E-state index contributed by atoms with van der Waals surface area (Å²) in [5.74, 6) is 0. The molecule has 0 spiro atoms. The lowest BCUT2D eigenvalue weighted by Gasteiger charge is -2.23.